The fraction of sp³-hybridized carbons (Fsp3) is 0.286. The number of benzene rings is 1. The summed E-state index contributed by atoms with van der Waals surface area (Å²) in [4.78, 5) is 10.3. The van der Waals surface area contributed by atoms with Gasteiger partial charge in [0.05, 0.1) is 11.2 Å². The molecule has 0 saturated heterocycles. The molecule has 1 aromatic carbocycles. The van der Waals surface area contributed by atoms with E-state index < -0.39 is 4.92 Å². The zero-order chi connectivity index (χ0) is 14.5. The number of nitro benzene ring substituents is 1. The summed E-state index contributed by atoms with van der Waals surface area (Å²) in [6.07, 6.45) is 2.38. The van der Waals surface area contributed by atoms with Gasteiger partial charge in [-0.3, -0.25) is 10.1 Å². The molecule has 2 aromatic rings. The van der Waals surface area contributed by atoms with Crippen LogP contribution < -0.4 is 5.32 Å². The average Bonchev–Trinajstić information content (AvgIpc) is 2.85. The molecule has 0 aliphatic rings. The molecule has 20 heavy (non-hydrogen) atoms. The molecule has 0 spiro atoms. The maximum atomic E-state index is 10.6. The smallest absolute Gasteiger partial charge is 0.269 e. The molecular weight excluding hydrogens is 324 g/mol. The minimum absolute atomic E-state index is 0.106. The van der Waals surface area contributed by atoms with Crippen molar-refractivity contribution in [2.45, 2.75) is 19.4 Å². The van der Waals surface area contributed by atoms with E-state index in [1.54, 1.807) is 18.4 Å². The van der Waals surface area contributed by atoms with Crippen molar-refractivity contribution < 1.29 is 9.34 Å². The van der Waals surface area contributed by atoms with Crippen LogP contribution in [-0.4, -0.2) is 11.5 Å². The highest BCUT2D eigenvalue weighted by Gasteiger charge is 2.16. The maximum Gasteiger partial charge on any atom is 0.269 e. The van der Waals surface area contributed by atoms with Gasteiger partial charge < -0.3 is 9.73 Å². The molecule has 1 unspecified atom stereocenters. The van der Waals surface area contributed by atoms with Crippen LogP contribution in [0.15, 0.2) is 45.7 Å². The van der Waals surface area contributed by atoms with Crippen LogP contribution in [0.3, 0.4) is 0 Å². The van der Waals surface area contributed by atoms with Gasteiger partial charge in [0.15, 0.2) is 4.67 Å². The lowest BCUT2D eigenvalue weighted by Gasteiger charge is -2.17. The van der Waals surface area contributed by atoms with Gasteiger partial charge in [-0.1, -0.05) is 19.1 Å². The molecule has 0 bridgehead atoms. The minimum atomic E-state index is -0.391. The minimum Gasteiger partial charge on any atom is -0.457 e. The molecule has 1 heterocycles. The van der Waals surface area contributed by atoms with E-state index in [-0.39, 0.29) is 11.7 Å². The summed E-state index contributed by atoms with van der Waals surface area (Å²) in [7, 11) is 0. The van der Waals surface area contributed by atoms with Crippen molar-refractivity contribution >= 4 is 21.6 Å². The van der Waals surface area contributed by atoms with Crippen molar-refractivity contribution in [3.8, 4) is 0 Å². The van der Waals surface area contributed by atoms with Gasteiger partial charge in [-0.25, -0.2) is 0 Å². The molecule has 0 saturated carbocycles. The van der Waals surface area contributed by atoms with Crippen LogP contribution in [0.25, 0.3) is 0 Å². The Bertz CT molecular complexity index is 580. The van der Waals surface area contributed by atoms with E-state index in [9.17, 15) is 10.1 Å². The Hall–Kier alpha value is -1.66. The largest absolute Gasteiger partial charge is 0.457 e. The van der Waals surface area contributed by atoms with Crippen LogP contribution in [0.5, 0.6) is 0 Å². The molecule has 6 heteroatoms. The van der Waals surface area contributed by atoms with Crippen molar-refractivity contribution in [2.24, 2.45) is 0 Å². The fourth-order valence-electron chi connectivity index (χ4n) is 2.08. The average molecular weight is 339 g/mol. The van der Waals surface area contributed by atoms with Gasteiger partial charge in [-0.15, -0.1) is 0 Å². The van der Waals surface area contributed by atoms with Crippen LogP contribution in [-0.2, 0) is 6.42 Å². The van der Waals surface area contributed by atoms with Gasteiger partial charge in [0, 0.05) is 23.7 Å². The second kappa shape index (κ2) is 6.67. The van der Waals surface area contributed by atoms with E-state index in [2.05, 4.69) is 21.2 Å². The molecule has 0 aliphatic heterocycles. The highest BCUT2D eigenvalue weighted by atomic mass is 79.9. The quantitative estimate of drug-likeness (QED) is 0.641. The fourth-order valence-corrected chi connectivity index (χ4v) is 2.60. The monoisotopic (exact) mass is 338 g/mol. The van der Waals surface area contributed by atoms with E-state index >= 15 is 0 Å². The molecule has 1 N–H and O–H groups in total. The normalized spacial score (nSPS) is 12.3. The Labute approximate surface area is 125 Å². The van der Waals surface area contributed by atoms with Gasteiger partial charge in [0.25, 0.3) is 5.69 Å². The predicted molar refractivity (Wildman–Crippen MR) is 79.6 cm³/mol. The summed E-state index contributed by atoms with van der Waals surface area (Å²) < 4.78 is 5.98. The Kier molecular flexibility index (Phi) is 4.92. The first-order chi connectivity index (χ1) is 9.61. The van der Waals surface area contributed by atoms with Gasteiger partial charge in [0.2, 0.25) is 0 Å². The van der Waals surface area contributed by atoms with Crippen molar-refractivity contribution in [2.75, 3.05) is 6.54 Å². The van der Waals surface area contributed by atoms with Crippen LogP contribution in [0.4, 0.5) is 5.69 Å². The number of non-ortho nitro benzene ring substituents is 1. The third-order valence-electron chi connectivity index (χ3n) is 3.06. The first-order valence-corrected chi connectivity index (χ1v) is 7.10. The predicted octanol–water partition coefficient (Wildman–Crippen LogP) is 3.84. The summed E-state index contributed by atoms with van der Waals surface area (Å²) in [5.74, 6) is 0. The van der Waals surface area contributed by atoms with Gasteiger partial charge in [0.1, 0.15) is 0 Å². The van der Waals surface area contributed by atoms with Gasteiger partial charge in [-0.05, 0) is 40.5 Å². The van der Waals surface area contributed by atoms with Crippen LogP contribution in [0.1, 0.15) is 24.1 Å². The lowest BCUT2D eigenvalue weighted by molar-refractivity contribution is -0.384. The summed E-state index contributed by atoms with van der Waals surface area (Å²) in [6.45, 7) is 2.87. The SMILES string of the molecule is CCNC(Cc1ccc([N+](=O)[O-])cc1)c1ccoc1Br. The number of nitrogens with one attached hydrogen (secondary N) is 1. The summed E-state index contributed by atoms with van der Waals surface area (Å²) in [5, 5.41) is 14.0. The Morgan fingerprint density at radius 3 is 2.55 bits per heavy atom. The summed E-state index contributed by atoms with van der Waals surface area (Å²) >= 11 is 3.38. The molecule has 106 valence electrons. The lowest BCUT2D eigenvalue weighted by Crippen LogP contribution is -2.22. The topological polar surface area (TPSA) is 68.3 Å². The zero-order valence-corrected chi connectivity index (χ0v) is 12.6. The molecule has 1 aromatic heterocycles. The van der Waals surface area contributed by atoms with Crippen molar-refractivity contribution in [3.05, 3.63) is 62.5 Å². The van der Waals surface area contributed by atoms with Crippen LogP contribution in [0.2, 0.25) is 0 Å². The van der Waals surface area contributed by atoms with Crippen molar-refractivity contribution in [1.29, 1.82) is 0 Å². The number of likely N-dealkylation sites (N-methyl/N-ethyl adjacent to an activating group) is 1. The van der Waals surface area contributed by atoms with E-state index in [0.717, 1.165) is 24.1 Å². The molecular formula is C14H15BrN2O3. The Morgan fingerprint density at radius 1 is 1.35 bits per heavy atom. The Morgan fingerprint density at radius 2 is 2.05 bits per heavy atom. The number of hydrogen-bond acceptors (Lipinski definition) is 4. The first-order valence-electron chi connectivity index (χ1n) is 6.31. The van der Waals surface area contributed by atoms with Crippen molar-refractivity contribution in [3.63, 3.8) is 0 Å². The highest BCUT2D eigenvalue weighted by molar-refractivity contribution is 9.10. The first kappa shape index (κ1) is 14.7. The standard InChI is InChI=1S/C14H15BrN2O3/c1-2-16-13(12-7-8-20-14(12)15)9-10-3-5-11(6-4-10)17(18)19/h3-8,13,16H,2,9H2,1H3. The molecule has 5 nitrogen and oxygen atoms in total. The third kappa shape index (κ3) is 3.46. The summed E-state index contributed by atoms with van der Waals surface area (Å²) in [6, 6.07) is 8.66. The second-order valence-corrected chi connectivity index (χ2v) is 5.11. The van der Waals surface area contributed by atoms with Crippen molar-refractivity contribution in [1.82, 2.24) is 5.32 Å². The second-order valence-electron chi connectivity index (χ2n) is 4.39. The molecule has 0 fully saturated rings. The maximum absolute atomic E-state index is 10.6. The number of rotatable bonds is 6. The third-order valence-corrected chi connectivity index (χ3v) is 3.70. The van der Waals surface area contributed by atoms with Gasteiger partial charge >= 0.3 is 0 Å². The van der Waals surface area contributed by atoms with E-state index in [0.29, 0.717) is 4.67 Å². The van der Waals surface area contributed by atoms with Crippen LogP contribution in [0, 0.1) is 10.1 Å². The van der Waals surface area contributed by atoms with Gasteiger partial charge in [-0.2, -0.15) is 0 Å². The molecule has 1 atom stereocenters. The van der Waals surface area contributed by atoms with E-state index in [4.69, 9.17) is 4.42 Å². The molecule has 0 amide bonds. The Balaban J connectivity index is 2.16. The molecule has 2 rings (SSSR count). The number of hydrogen-bond donors (Lipinski definition) is 1. The van der Waals surface area contributed by atoms with E-state index in [1.807, 2.05) is 13.0 Å². The molecule has 0 radical (unpaired) electrons. The lowest BCUT2D eigenvalue weighted by atomic mass is 10.0. The molecule has 0 aliphatic carbocycles. The number of furan rings is 1. The van der Waals surface area contributed by atoms with Crippen LogP contribution >= 0.6 is 15.9 Å². The highest BCUT2D eigenvalue weighted by Crippen LogP contribution is 2.27. The summed E-state index contributed by atoms with van der Waals surface area (Å²) in [5.41, 5.74) is 2.19. The number of nitro groups is 1. The number of halogens is 1. The number of nitrogens with zero attached hydrogens (tertiary/aromatic N) is 1. The zero-order valence-electron chi connectivity index (χ0n) is 11.0. The van der Waals surface area contributed by atoms with E-state index in [1.165, 1.54) is 12.1 Å².